The van der Waals surface area contributed by atoms with Crippen molar-refractivity contribution in [3.63, 3.8) is 0 Å². The Balaban J connectivity index is 2.50. The third-order valence-corrected chi connectivity index (χ3v) is 3.81. The summed E-state index contributed by atoms with van der Waals surface area (Å²) in [5.74, 6) is 0. The zero-order valence-corrected chi connectivity index (χ0v) is 10.1. The van der Waals surface area contributed by atoms with E-state index >= 15 is 0 Å². The maximum Gasteiger partial charge on any atom is 0.00313 e. The molecule has 0 saturated heterocycles. The van der Waals surface area contributed by atoms with Crippen LogP contribution in [0.15, 0.2) is 24.9 Å². The van der Waals surface area contributed by atoms with Gasteiger partial charge in [-0.3, -0.25) is 0 Å². The maximum atomic E-state index is 4.05. The van der Waals surface area contributed by atoms with Crippen molar-refractivity contribution in [2.24, 2.45) is 5.41 Å². The van der Waals surface area contributed by atoms with Crippen LogP contribution in [0.5, 0.6) is 0 Å². The molecule has 0 aromatic rings. The van der Waals surface area contributed by atoms with Gasteiger partial charge in [0.25, 0.3) is 0 Å². The van der Waals surface area contributed by atoms with E-state index in [1.54, 1.807) is 0 Å². The van der Waals surface area contributed by atoms with Crippen molar-refractivity contribution in [1.82, 2.24) is 5.32 Å². The van der Waals surface area contributed by atoms with Crippen LogP contribution in [0.1, 0.15) is 51.4 Å². The summed E-state index contributed by atoms with van der Waals surface area (Å²) in [6, 6.07) is 0. The summed E-state index contributed by atoms with van der Waals surface area (Å²) in [5, 5.41) is 3.13. The van der Waals surface area contributed by atoms with E-state index in [0.717, 1.165) is 12.1 Å². The zero-order valence-electron chi connectivity index (χ0n) is 10.1. The number of hydrogen-bond donors (Lipinski definition) is 1. The molecule has 0 amide bonds. The lowest BCUT2D eigenvalue weighted by Crippen LogP contribution is -2.18. The first kappa shape index (κ1) is 12.4. The van der Waals surface area contributed by atoms with Crippen LogP contribution >= 0.6 is 0 Å². The molecule has 15 heavy (non-hydrogen) atoms. The Bertz CT molecular complexity index is 209. The van der Waals surface area contributed by atoms with E-state index < -0.39 is 0 Å². The second kappa shape index (κ2) is 5.99. The lowest BCUT2D eigenvalue weighted by atomic mass is 9.76. The molecule has 0 atom stereocenters. The summed E-state index contributed by atoms with van der Waals surface area (Å²) in [6.45, 7) is 8.05. The van der Waals surface area contributed by atoms with Crippen LogP contribution in [-0.4, -0.2) is 7.05 Å². The second-order valence-electron chi connectivity index (χ2n) is 4.83. The molecule has 1 heteroatoms. The fourth-order valence-electron chi connectivity index (χ4n) is 2.51. The molecule has 0 spiro atoms. The van der Waals surface area contributed by atoms with Gasteiger partial charge in [-0.2, -0.15) is 0 Å². The zero-order chi connectivity index (χ0) is 11.1. The highest BCUT2D eigenvalue weighted by molar-refractivity contribution is 5.00. The quantitative estimate of drug-likeness (QED) is 0.530. The van der Waals surface area contributed by atoms with E-state index in [-0.39, 0.29) is 0 Å². The summed E-state index contributed by atoms with van der Waals surface area (Å²) in [7, 11) is 1.95. The maximum absolute atomic E-state index is 4.05. The molecule has 0 unspecified atom stereocenters. The van der Waals surface area contributed by atoms with Crippen LogP contribution in [0.25, 0.3) is 0 Å². The first-order valence-corrected chi connectivity index (χ1v) is 6.21. The van der Waals surface area contributed by atoms with Gasteiger partial charge in [-0.1, -0.05) is 38.3 Å². The molecule has 0 heterocycles. The highest BCUT2D eigenvalue weighted by Gasteiger charge is 2.27. The molecule has 0 aromatic heterocycles. The fourth-order valence-corrected chi connectivity index (χ4v) is 2.51. The molecule has 1 rings (SSSR count). The van der Waals surface area contributed by atoms with Crippen molar-refractivity contribution in [2.75, 3.05) is 7.05 Å². The smallest absolute Gasteiger partial charge is 0.00313 e. The molecule has 0 aromatic carbocycles. The van der Waals surface area contributed by atoms with Crippen LogP contribution in [0.3, 0.4) is 0 Å². The van der Waals surface area contributed by atoms with Gasteiger partial charge in [0, 0.05) is 12.7 Å². The van der Waals surface area contributed by atoms with Crippen molar-refractivity contribution in [3.05, 3.63) is 24.9 Å². The Labute approximate surface area is 94.6 Å². The average molecular weight is 207 g/mol. The summed E-state index contributed by atoms with van der Waals surface area (Å²) < 4.78 is 0. The standard InChI is InChI=1S/C14H25N/c1-4-14(12-9-13(2)15-3)10-7-5-6-8-11-14/h4,15H,1-2,5-12H2,3H3. The van der Waals surface area contributed by atoms with E-state index in [9.17, 15) is 0 Å². The molecule has 1 saturated carbocycles. The Hall–Kier alpha value is -0.720. The molecule has 1 aliphatic carbocycles. The van der Waals surface area contributed by atoms with Gasteiger partial charge in [-0.15, -0.1) is 6.58 Å². The van der Waals surface area contributed by atoms with Gasteiger partial charge in [0.1, 0.15) is 0 Å². The molecule has 1 N–H and O–H groups in total. The van der Waals surface area contributed by atoms with Gasteiger partial charge < -0.3 is 5.32 Å². The van der Waals surface area contributed by atoms with E-state index in [1.807, 2.05) is 7.05 Å². The minimum absolute atomic E-state index is 0.399. The third kappa shape index (κ3) is 3.73. The lowest BCUT2D eigenvalue weighted by molar-refractivity contribution is 0.302. The Morgan fingerprint density at radius 2 is 1.87 bits per heavy atom. The van der Waals surface area contributed by atoms with Crippen molar-refractivity contribution in [1.29, 1.82) is 0 Å². The number of hydrogen-bond acceptors (Lipinski definition) is 1. The number of nitrogens with one attached hydrogen (secondary N) is 1. The van der Waals surface area contributed by atoms with Crippen molar-refractivity contribution in [3.8, 4) is 0 Å². The molecular formula is C14H25N. The minimum Gasteiger partial charge on any atom is -0.392 e. The van der Waals surface area contributed by atoms with Crippen LogP contribution in [-0.2, 0) is 0 Å². The molecule has 0 aliphatic heterocycles. The van der Waals surface area contributed by atoms with Crippen LogP contribution < -0.4 is 5.32 Å². The fraction of sp³-hybridized carbons (Fsp3) is 0.714. The predicted octanol–water partition coefficient (Wildman–Crippen LogP) is 4.03. The van der Waals surface area contributed by atoms with Gasteiger partial charge in [-0.05, 0) is 31.1 Å². The average Bonchev–Trinajstić information content (AvgIpc) is 2.52. The van der Waals surface area contributed by atoms with Gasteiger partial charge >= 0.3 is 0 Å². The van der Waals surface area contributed by atoms with Crippen molar-refractivity contribution >= 4 is 0 Å². The number of allylic oxidation sites excluding steroid dienone is 2. The lowest BCUT2D eigenvalue weighted by Gasteiger charge is -2.29. The van der Waals surface area contributed by atoms with Crippen molar-refractivity contribution < 1.29 is 0 Å². The SMILES string of the molecule is C=CC1(CCC(=C)NC)CCCCCC1. The highest BCUT2D eigenvalue weighted by Crippen LogP contribution is 2.40. The second-order valence-corrected chi connectivity index (χ2v) is 4.83. The summed E-state index contributed by atoms with van der Waals surface area (Å²) in [4.78, 5) is 0. The minimum atomic E-state index is 0.399. The highest BCUT2D eigenvalue weighted by atomic mass is 14.8. The van der Waals surface area contributed by atoms with E-state index in [4.69, 9.17) is 0 Å². The molecule has 1 nitrogen and oxygen atoms in total. The molecule has 86 valence electrons. The van der Waals surface area contributed by atoms with Gasteiger partial charge in [0.15, 0.2) is 0 Å². The predicted molar refractivity (Wildman–Crippen MR) is 67.8 cm³/mol. The van der Waals surface area contributed by atoms with Crippen LogP contribution in [0, 0.1) is 5.41 Å². The molecule has 1 aliphatic rings. The van der Waals surface area contributed by atoms with Crippen LogP contribution in [0.4, 0.5) is 0 Å². The topological polar surface area (TPSA) is 12.0 Å². The summed E-state index contributed by atoms with van der Waals surface area (Å²) >= 11 is 0. The van der Waals surface area contributed by atoms with Gasteiger partial charge in [0.2, 0.25) is 0 Å². The normalized spacial score (nSPS) is 20.3. The van der Waals surface area contributed by atoms with Crippen LogP contribution in [0.2, 0.25) is 0 Å². The van der Waals surface area contributed by atoms with E-state index in [1.165, 1.54) is 44.9 Å². The van der Waals surface area contributed by atoms with Crippen molar-refractivity contribution in [2.45, 2.75) is 51.4 Å². The summed E-state index contributed by atoms with van der Waals surface area (Å²) in [6.07, 6.45) is 12.7. The first-order valence-electron chi connectivity index (χ1n) is 6.21. The largest absolute Gasteiger partial charge is 0.392 e. The number of rotatable bonds is 5. The molecule has 0 bridgehead atoms. The van der Waals surface area contributed by atoms with E-state index in [0.29, 0.717) is 5.41 Å². The van der Waals surface area contributed by atoms with Gasteiger partial charge in [-0.25, -0.2) is 0 Å². The summed E-state index contributed by atoms with van der Waals surface area (Å²) in [5.41, 5.74) is 1.55. The monoisotopic (exact) mass is 207 g/mol. The van der Waals surface area contributed by atoms with E-state index in [2.05, 4.69) is 24.6 Å². The Morgan fingerprint density at radius 3 is 2.33 bits per heavy atom. The first-order chi connectivity index (χ1) is 7.22. The van der Waals surface area contributed by atoms with Gasteiger partial charge in [0.05, 0.1) is 0 Å². The Morgan fingerprint density at radius 1 is 1.27 bits per heavy atom. The molecule has 1 fully saturated rings. The third-order valence-electron chi connectivity index (χ3n) is 3.81. The Kier molecular flexibility index (Phi) is 4.93. The molecular weight excluding hydrogens is 182 g/mol. The molecule has 0 radical (unpaired) electrons.